The molecule has 5 atom stereocenters. The number of aliphatic hydroxyl groups is 2. The van der Waals surface area contributed by atoms with E-state index in [1.54, 1.807) is 6.08 Å². The highest BCUT2D eigenvalue weighted by molar-refractivity contribution is 5.16. The van der Waals surface area contributed by atoms with Crippen LogP contribution in [0.3, 0.4) is 0 Å². The minimum Gasteiger partial charge on any atom is -0.392 e. The number of fused-ring (bicyclic) bond motifs is 2. The van der Waals surface area contributed by atoms with Crippen molar-refractivity contribution in [1.29, 1.82) is 0 Å². The Hall–Kier alpha value is -0.340. The van der Waals surface area contributed by atoms with E-state index in [4.69, 9.17) is 0 Å². The van der Waals surface area contributed by atoms with Gasteiger partial charge in [-0.3, -0.25) is 0 Å². The predicted molar refractivity (Wildman–Crippen MR) is 60.3 cm³/mol. The molecule has 0 radical (unpaired) electrons. The van der Waals surface area contributed by atoms with Crippen LogP contribution in [-0.2, 0) is 0 Å². The zero-order valence-electron chi connectivity index (χ0n) is 9.90. The van der Waals surface area contributed by atoms with E-state index < -0.39 is 6.10 Å². The highest BCUT2D eigenvalue weighted by Crippen LogP contribution is 2.68. The van der Waals surface area contributed by atoms with Gasteiger partial charge in [-0.2, -0.15) is 0 Å². The highest BCUT2D eigenvalue weighted by Gasteiger charge is 2.66. The van der Waals surface area contributed by atoms with Gasteiger partial charge in [0.05, 0.1) is 12.2 Å². The lowest BCUT2D eigenvalue weighted by molar-refractivity contribution is -0.0383. The zero-order chi connectivity index (χ0) is 11.4. The van der Waals surface area contributed by atoms with Crippen molar-refractivity contribution in [2.75, 3.05) is 0 Å². The molecule has 2 saturated carbocycles. The fraction of sp³-hybridized carbons (Fsp3) is 0.846. The van der Waals surface area contributed by atoms with Crippen LogP contribution >= 0.6 is 0 Å². The van der Waals surface area contributed by atoms with Crippen LogP contribution in [-0.4, -0.2) is 22.4 Å². The fourth-order valence-corrected chi connectivity index (χ4v) is 3.99. The van der Waals surface area contributed by atoms with Crippen LogP contribution in [0.2, 0.25) is 0 Å². The van der Waals surface area contributed by atoms with Crippen molar-refractivity contribution in [3.05, 3.63) is 12.7 Å². The Kier molecular flexibility index (Phi) is 2.29. The van der Waals surface area contributed by atoms with Crippen molar-refractivity contribution in [1.82, 2.24) is 0 Å². The maximum atomic E-state index is 10.4. The van der Waals surface area contributed by atoms with Gasteiger partial charge in [-0.15, -0.1) is 6.58 Å². The third-order valence-electron chi connectivity index (χ3n) is 5.49. The van der Waals surface area contributed by atoms with Crippen molar-refractivity contribution in [3.63, 3.8) is 0 Å². The van der Waals surface area contributed by atoms with E-state index in [1.807, 2.05) is 0 Å². The molecule has 0 aliphatic heterocycles. The summed E-state index contributed by atoms with van der Waals surface area (Å²) in [5.41, 5.74) is 0.0907. The highest BCUT2D eigenvalue weighted by atomic mass is 16.3. The third kappa shape index (κ3) is 1.12. The van der Waals surface area contributed by atoms with E-state index >= 15 is 0 Å². The molecular weight excluding hydrogens is 188 g/mol. The summed E-state index contributed by atoms with van der Waals surface area (Å²) in [6.07, 6.45) is 2.81. The summed E-state index contributed by atoms with van der Waals surface area (Å²) in [5.74, 6) is 0.404. The van der Waals surface area contributed by atoms with Crippen LogP contribution in [0.5, 0.6) is 0 Å². The molecule has 2 aliphatic rings. The zero-order valence-corrected chi connectivity index (χ0v) is 9.90. The first-order valence-electron chi connectivity index (χ1n) is 5.85. The number of hydrogen-bond donors (Lipinski definition) is 2. The van der Waals surface area contributed by atoms with Crippen molar-refractivity contribution >= 4 is 0 Å². The summed E-state index contributed by atoms with van der Waals surface area (Å²) >= 11 is 0. The molecule has 2 unspecified atom stereocenters. The standard InChI is InChI=1S/C13H22O2/c1-5-9(14)10-8-6-7-13(4,11(10)15)12(8,2)3/h5,8-11,14-15H,1,6-7H2,2-4H3/t8-,9?,10?,11+,13-/m1/s1. The molecule has 86 valence electrons. The number of hydrogen-bond acceptors (Lipinski definition) is 2. The lowest BCUT2D eigenvalue weighted by Crippen LogP contribution is -2.40. The Morgan fingerprint density at radius 1 is 1.40 bits per heavy atom. The van der Waals surface area contributed by atoms with E-state index in [2.05, 4.69) is 27.4 Å². The van der Waals surface area contributed by atoms with Gasteiger partial charge < -0.3 is 10.2 Å². The molecule has 0 aromatic rings. The Morgan fingerprint density at radius 2 is 2.00 bits per heavy atom. The SMILES string of the molecule is C=CC(O)C1[C@H]2CC[C@](C)([C@H]1O)C2(C)C. The van der Waals surface area contributed by atoms with Crippen LogP contribution in [0, 0.1) is 22.7 Å². The van der Waals surface area contributed by atoms with Gasteiger partial charge in [-0.05, 0) is 29.6 Å². The molecule has 2 rings (SSSR count). The average molecular weight is 210 g/mol. The molecule has 0 amide bonds. The Bertz CT molecular complexity index is 284. The predicted octanol–water partition coefficient (Wildman–Crippen LogP) is 1.97. The topological polar surface area (TPSA) is 40.5 Å². The lowest BCUT2D eigenvalue weighted by Gasteiger charge is -2.37. The van der Waals surface area contributed by atoms with Gasteiger partial charge in [-0.25, -0.2) is 0 Å². The van der Waals surface area contributed by atoms with Gasteiger partial charge in [0.2, 0.25) is 0 Å². The van der Waals surface area contributed by atoms with Crippen LogP contribution in [0.25, 0.3) is 0 Å². The average Bonchev–Trinajstić information content (AvgIpc) is 2.48. The van der Waals surface area contributed by atoms with Crippen molar-refractivity contribution < 1.29 is 10.2 Å². The molecular formula is C13H22O2. The minimum atomic E-state index is -0.564. The molecule has 2 nitrogen and oxygen atoms in total. The van der Waals surface area contributed by atoms with Crippen molar-refractivity contribution in [3.8, 4) is 0 Å². The van der Waals surface area contributed by atoms with E-state index in [9.17, 15) is 10.2 Å². The van der Waals surface area contributed by atoms with Gasteiger partial charge in [0.1, 0.15) is 0 Å². The van der Waals surface area contributed by atoms with E-state index in [0.717, 1.165) is 12.8 Å². The summed E-state index contributed by atoms with van der Waals surface area (Å²) in [7, 11) is 0. The quantitative estimate of drug-likeness (QED) is 0.684. The molecule has 2 fully saturated rings. The smallest absolute Gasteiger partial charge is 0.0774 e. The normalized spacial score (nSPS) is 49.3. The Morgan fingerprint density at radius 3 is 2.40 bits per heavy atom. The summed E-state index contributed by atoms with van der Waals surface area (Å²) in [5, 5.41) is 20.3. The summed E-state index contributed by atoms with van der Waals surface area (Å²) in [6, 6.07) is 0. The summed E-state index contributed by atoms with van der Waals surface area (Å²) in [6.45, 7) is 10.2. The fourth-order valence-electron chi connectivity index (χ4n) is 3.99. The lowest BCUT2D eigenvalue weighted by atomic mass is 9.70. The second-order valence-corrected chi connectivity index (χ2v) is 6.03. The van der Waals surface area contributed by atoms with Crippen molar-refractivity contribution in [2.45, 2.75) is 45.8 Å². The molecule has 15 heavy (non-hydrogen) atoms. The van der Waals surface area contributed by atoms with E-state index in [0.29, 0.717) is 5.92 Å². The third-order valence-corrected chi connectivity index (χ3v) is 5.49. The van der Waals surface area contributed by atoms with Crippen LogP contribution < -0.4 is 0 Å². The number of rotatable bonds is 2. The molecule has 2 bridgehead atoms. The van der Waals surface area contributed by atoms with Gasteiger partial charge in [0, 0.05) is 5.92 Å². The molecule has 2 aliphatic carbocycles. The van der Waals surface area contributed by atoms with Crippen LogP contribution in [0.4, 0.5) is 0 Å². The second kappa shape index (κ2) is 3.08. The molecule has 0 aromatic carbocycles. The van der Waals surface area contributed by atoms with Gasteiger partial charge in [0.15, 0.2) is 0 Å². The first-order valence-corrected chi connectivity index (χ1v) is 5.85. The largest absolute Gasteiger partial charge is 0.392 e. The van der Waals surface area contributed by atoms with E-state index in [-0.39, 0.29) is 22.9 Å². The van der Waals surface area contributed by atoms with Gasteiger partial charge in [0.25, 0.3) is 0 Å². The van der Waals surface area contributed by atoms with Crippen molar-refractivity contribution in [2.24, 2.45) is 22.7 Å². The van der Waals surface area contributed by atoms with Crippen LogP contribution in [0.15, 0.2) is 12.7 Å². The van der Waals surface area contributed by atoms with Gasteiger partial charge in [-0.1, -0.05) is 26.8 Å². The Balaban J connectivity index is 2.37. The first kappa shape index (κ1) is 11.2. The maximum absolute atomic E-state index is 10.4. The van der Waals surface area contributed by atoms with Gasteiger partial charge >= 0.3 is 0 Å². The van der Waals surface area contributed by atoms with Crippen LogP contribution in [0.1, 0.15) is 33.6 Å². The maximum Gasteiger partial charge on any atom is 0.0774 e. The molecule has 0 aromatic heterocycles. The summed E-state index contributed by atoms with van der Waals surface area (Å²) < 4.78 is 0. The number of aliphatic hydroxyl groups excluding tert-OH is 2. The molecule has 0 saturated heterocycles. The minimum absolute atomic E-state index is 0.0174. The first-order chi connectivity index (χ1) is 6.86. The molecule has 0 spiro atoms. The monoisotopic (exact) mass is 210 g/mol. The molecule has 2 N–H and O–H groups in total. The van der Waals surface area contributed by atoms with E-state index in [1.165, 1.54) is 0 Å². The summed E-state index contributed by atoms with van der Waals surface area (Å²) in [4.78, 5) is 0. The molecule has 2 heteroatoms. The Labute approximate surface area is 92.0 Å². The second-order valence-electron chi connectivity index (χ2n) is 6.03. The molecule has 0 heterocycles.